The first kappa shape index (κ1) is 10.8. The Labute approximate surface area is 82.6 Å². The van der Waals surface area contributed by atoms with E-state index in [2.05, 4.69) is 5.32 Å². The fourth-order valence-electron chi connectivity index (χ4n) is 1.38. The number of hydrogen-bond donors (Lipinski definition) is 4. The van der Waals surface area contributed by atoms with Crippen LogP contribution in [0.25, 0.3) is 0 Å². The molecular weight excluding hydrogens is 184 g/mol. The van der Waals surface area contributed by atoms with Crippen molar-refractivity contribution in [3.05, 3.63) is 0 Å². The highest BCUT2D eigenvalue weighted by atomic mass is 16.4. The lowest BCUT2D eigenvalue weighted by Crippen LogP contribution is -2.33. The Hall–Kier alpha value is -1.30. The van der Waals surface area contributed by atoms with E-state index in [0.717, 1.165) is 13.1 Å². The van der Waals surface area contributed by atoms with Crippen LogP contribution < -0.4 is 11.1 Å². The Balaban J connectivity index is 2.15. The maximum Gasteiger partial charge on any atom is 0.320 e. The van der Waals surface area contributed by atoms with E-state index < -0.39 is 12.0 Å². The normalized spacial score (nSPS) is 18.1. The Bertz CT molecular complexity index is 231. The molecule has 1 aliphatic heterocycles. The largest absolute Gasteiger partial charge is 0.480 e. The minimum Gasteiger partial charge on any atom is -0.480 e. The number of hydrogen-bond acceptors (Lipinski definition) is 3. The molecule has 1 unspecified atom stereocenters. The summed E-state index contributed by atoms with van der Waals surface area (Å²) in [7, 11) is 0. The second-order valence-electron chi connectivity index (χ2n) is 3.35. The number of nitrogens with zero attached hydrogens (tertiary/aromatic N) is 1. The molecule has 1 saturated heterocycles. The predicted molar refractivity (Wildman–Crippen MR) is 52.1 cm³/mol. The molecule has 1 heterocycles. The number of carboxylic acid groups (broad SMARTS) is 1. The third-order valence-electron chi connectivity index (χ3n) is 2.25. The van der Waals surface area contributed by atoms with Gasteiger partial charge in [0.15, 0.2) is 5.96 Å². The van der Waals surface area contributed by atoms with Gasteiger partial charge in [-0.2, -0.15) is 0 Å². The molecular formula is C8H16N4O2. The van der Waals surface area contributed by atoms with Gasteiger partial charge in [0.2, 0.25) is 0 Å². The molecule has 14 heavy (non-hydrogen) atoms. The number of nitrogens with one attached hydrogen (secondary N) is 2. The third kappa shape index (κ3) is 2.88. The Morgan fingerprint density at radius 1 is 1.79 bits per heavy atom. The molecule has 0 aliphatic carbocycles. The number of guanidine groups is 1. The van der Waals surface area contributed by atoms with Crippen LogP contribution in [0, 0.1) is 5.41 Å². The quantitative estimate of drug-likeness (QED) is 0.457. The number of aliphatic carboxylic acids is 1. The van der Waals surface area contributed by atoms with Crippen molar-refractivity contribution in [2.24, 2.45) is 5.73 Å². The van der Waals surface area contributed by atoms with Crippen LogP contribution in [-0.4, -0.2) is 47.6 Å². The van der Waals surface area contributed by atoms with Crippen molar-refractivity contribution in [2.75, 3.05) is 19.6 Å². The zero-order chi connectivity index (χ0) is 10.6. The maximum atomic E-state index is 10.4. The lowest BCUT2D eigenvalue weighted by Gasteiger charge is -2.16. The first-order valence-electron chi connectivity index (χ1n) is 4.67. The molecule has 0 saturated carbocycles. The van der Waals surface area contributed by atoms with Crippen molar-refractivity contribution in [2.45, 2.75) is 18.9 Å². The van der Waals surface area contributed by atoms with Gasteiger partial charge in [-0.1, -0.05) is 0 Å². The smallest absolute Gasteiger partial charge is 0.320 e. The summed E-state index contributed by atoms with van der Waals surface area (Å²) >= 11 is 0. The van der Waals surface area contributed by atoms with Crippen LogP contribution >= 0.6 is 0 Å². The molecule has 80 valence electrons. The number of carbonyl (C=O) groups is 1. The highest BCUT2D eigenvalue weighted by Gasteiger charge is 2.16. The number of rotatable bonds is 5. The van der Waals surface area contributed by atoms with E-state index in [1.807, 2.05) is 4.90 Å². The van der Waals surface area contributed by atoms with Crippen LogP contribution in [-0.2, 0) is 4.79 Å². The van der Waals surface area contributed by atoms with Crippen molar-refractivity contribution in [3.8, 4) is 0 Å². The fourth-order valence-corrected chi connectivity index (χ4v) is 1.38. The van der Waals surface area contributed by atoms with Crippen LogP contribution in [0.15, 0.2) is 0 Å². The van der Waals surface area contributed by atoms with Gasteiger partial charge in [0.25, 0.3) is 0 Å². The molecule has 6 heteroatoms. The van der Waals surface area contributed by atoms with Crippen LogP contribution in [0.2, 0.25) is 0 Å². The Morgan fingerprint density at radius 3 is 3.00 bits per heavy atom. The second-order valence-corrected chi connectivity index (χ2v) is 3.35. The standard InChI is InChI=1S/C8H16N4O2/c9-6(7(13)14)2-1-4-12-5-3-11-8(12)10/h6H,1-5,9H2,(H2,10,11)(H,13,14). The van der Waals surface area contributed by atoms with Gasteiger partial charge in [-0.25, -0.2) is 0 Å². The molecule has 0 aromatic heterocycles. The van der Waals surface area contributed by atoms with Gasteiger partial charge in [-0.05, 0) is 12.8 Å². The second kappa shape index (κ2) is 4.80. The molecule has 1 fully saturated rings. The van der Waals surface area contributed by atoms with E-state index in [1.165, 1.54) is 0 Å². The zero-order valence-corrected chi connectivity index (χ0v) is 7.99. The van der Waals surface area contributed by atoms with Gasteiger partial charge in [-0.3, -0.25) is 10.2 Å². The van der Waals surface area contributed by atoms with Crippen molar-refractivity contribution < 1.29 is 9.90 Å². The highest BCUT2D eigenvalue weighted by molar-refractivity contribution is 5.78. The van der Waals surface area contributed by atoms with Gasteiger partial charge < -0.3 is 21.1 Å². The summed E-state index contributed by atoms with van der Waals surface area (Å²) in [4.78, 5) is 12.3. The molecule has 0 aromatic carbocycles. The minimum atomic E-state index is -0.959. The van der Waals surface area contributed by atoms with Crippen LogP contribution in [0.3, 0.4) is 0 Å². The summed E-state index contributed by atoms with van der Waals surface area (Å²) in [6.07, 6.45) is 1.16. The molecule has 0 amide bonds. The molecule has 0 aromatic rings. The van der Waals surface area contributed by atoms with Crippen LogP contribution in [0.4, 0.5) is 0 Å². The summed E-state index contributed by atoms with van der Waals surface area (Å²) in [6.45, 7) is 2.32. The van der Waals surface area contributed by atoms with Crippen molar-refractivity contribution in [1.29, 1.82) is 5.41 Å². The van der Waals surface area contributed by atoms with Gasteiger partial charge in [0.1, 0.15) is 6.04 Å². The van der Waals surface area contributed by atoms with Crippen LogP contribution in [0.1, 0.15) is 12.8 Å². The Kier molecular flexibility index (Phi) is 3.70. The first-order chi connectivity index (χ1) is 6.61. The van der Waals surface area contributed by atoms with E-state index in [1.54, 1.807) is 0 Å². The Morgan fingerprint density at radius 2 is 2.50 bits per heavy atom. The summed E-state index contributed by atoms with van der Waals surface area (Å²) in [5.74, 6) is -0.534. The SMILES string of the molecule is N=C1NCCN1CCCC(N)C(=O)O. The summed E-state index contributed by atoms with van der Waals surface area (Å²) < 4.78 is 0. The summed E-state index contributed by atoms with van der Waals surface area (Å²) in [5, 5.41) is 18.9. The topological polar surface area (TPSA) is 102 Å². The number of carboxylic acids is 1. The lowest BCUT2D eigenvalue weighted by atomic mass is 10.1. The van der Waals surface area contributed by atoms with E-state index in [0.29, 0.717) is 25.3 Å². The predicted octanol–water partition coefficient (Wildman–Crippen LogP) is -0.982. The monoisotopic (exact) mass is 200 g/mol. The molecule has 5 N–H and O–H groups in total. The van der Waals surface area contributed by atoms with Gasteiger partial charge in [0.05, 0.1) is 0 Å². The lowest BCUT2D eigenvalue weighted by molar-refractivity contribution is -0.138. The van der Waals surface area contributed by atoms with Crippen molar-refractivity contribution in [3.63, 3.8) is 0 Å². The fraction of sp³-hybridized carbons (Fsp3) is 0.750. The van der Waals surface area contributed by atoms with Crippen molar-refractivity contribution in [1.82, 2.24) is 10.2 Å². The highest BCUT2D eigenvalue weighted by Crippen LogP contribution is 2.01. The molecule has 0 spiro atoms. The van der Waals surface area contributed by atoms with E-state index in [-0.39, 0.29) is 0 Å². The summed E-state index contributed by atoms with van der Waals surface area (Å²) in [6, 6.07) is -0.778. The minimum absolute atomic E-state index is 0.425. The number of nitrogens with two attached hydrogens (primary N) is 1. The van der Waals surface area contributed by atoms with Gasteiger partial charge >= 0.3 is 5.97 Å². The average molecular weight is 200 g/mol. The average Bonchev–Trinajstić information content (AvgIpc) is 2.51. The summed E-state index contributed by atoms with van der Waals surface area (Å²) in [5.41, 5.74) is 5.35. The molecule has 0 bridgehead atoms. The molecule has 1 aliphatic rings. The third-order valence-corrected chi connectivity index (χ3v) is 2.25. The van der Waals surface area contributed by atoms with Gasteiger partial charge in [-0.15, -0.1) is 0 Å². The van der Waals surface area contributed by atoms with E-state index in [4.69, 9.17) is 16.2 Å². The molecule has 1 rings (SSSR count). The molecule has 0 radical (unpaired) electrons. The molecule has 1 atom stereocenters. The first-order valence-corrected chi connectivity index (χ1v) is 4.67. The van der Waals surface area contributed by atoms with Crippen LogP contribution in [0.5, 0.6) is 0 Å². The maximum absolute atomic E-state index is 10.4. The zero-order valence-electron chi connectivity index (χ0n) is 7.99. The van der Waals surface area contributed by atoms with Crippen molar-refractivity contribution >= 4 is 11.9 Å². The van der Waals surface area contributed by atoms with E-state index in [9.17, 15) is 4.79 Å². The van der Waals surface area contributed by atoms with Gasteiger partial charge in [0, 0.05) is 19.6 Å². The molecule has 6 nitrogen and oxygen atoms in total. The van der Waals surface area contributed by atoms with E-state index >= 15 is 0 Å².